The monoisotopic (exact) mass is 301 g/mol. The normalized spacial score (nSPS) is 19.1. The van der Waals surface area contributed by atoms with E-state index in [0.29, 0.717) is 0 Å². The van der Waals surface area contributed by atoms with Crippen molar-refractivity contribution in [1.82, 2.24) is 0 Å². The van der Waals surface area contributed by atoms with E-state index in [0.717, 1.165) is 16.7 Å². The summed E-state index contributed by atoms with van der Waals surface area (Å²) in [7, 11) is 1.30. The highest BCUT2D eigenvalue weighted by Gasteiger charge is 2.51. The maximum atomic E-state index is 11.8. The van der Waals surface area contributed by atoms with Gasteiger partial charge in [-0.25, -0.2) is 0 Å². The summed E-state index contributed by atoms with van der Waals surface area (Å²) in [5, 5.41) is 0. The van der Waals surface area contributed by atoms with Gasteiger partial charge in [0.15, 0.2) is 0 Å². The molecule has 1 aromatic carbocycles. The summed E-state index contributed by atoms with van der Waals surface area (Å²) in [5.41, 5.74) is 1.98. The molecule has 0 N–H and O–H groups in total. The Bertz CT molecular complexity index is 594. The number of likely N-dealkylation sites (N-methyl/N-ethyl adjacent to an activating group) is 1. The van der Waals surface area contributed by atoms with Gasteiger partial charge in [0, 0.05) is 12.7 Å². The van der Waals surface area contributed by atoms with Crippen molar-refractivity contribution in [3.05, 3.63) is 36.4 Å². The molecule has 2 rings (SSSR count). The lowest BCUT2D eigenvalue weighted by atomic mass is 9.78. The highest BCUT2D eigenvalue weighted by molar-refractivity contribution is 6.62. The molecule has 0 bridgehead atoms. The Morgan fingerprint density at radius 3 is 2.27 bits per heavy atom. The zero-order chi connectivity index (χ0) is 16.7. The SMILES string of the molecule is C=CC(=O)N(C)c1cc(B2OC(C)(C)C(C)(C)O2)ccc1C. The topological polar surface area (TPSA) is 38.8 Å². The number of aryl methyl sites for hydroxylation is 1. The fraction of sp³-hybridized carbons (Fsp3) is 0.471. The van der Waals surface area contributed by atoms with Crippen LogP contribution in [0.15, 0.2) is 30.9 Å². The van der Waals surface area contributed by atoms with Crippen molar-refractivity contribution < 1.29 is 14.1 Å². The number of nitrogens with zero attached hydrogens (tertiary/aromatic N) is 1. The van der Waals surface area contributed by atoms with E-state index in [2.05, 4.69) is 6.58 Å². The molecule has 0 unspecified atom stereocenters. The standard InChI is InChI=1S/C17H24BNO3/c1-8-15(20)19(7)14-11-13(10-9-12(14)2)18-21-16(3,4)17(5,6)22-18/h8-11H,1H2,2-7H3. The maximum Gasteiger partial charge on any atom is 0.494 e. The van der Waals surface area contributed by atoms with Gasteiger partial charge in [0.1, 0.15) is 0 Å². The van der Waals surface area contributed by atoms with Gasteiger partial charge in [0.2, 0.25) is 5.91 Å². The fourth-order valence-electron chi connectivity index (χ4n) is 2.37. The molecule has 1 aliphatic rings. The van der Waals surface area contributed by atoms with Gasteiger partial charge in [0.25, 0.3) is 0 Å². The number of hydrogen-bond acceptors (Lipinski definition) is 3. The van der Waals surface area contributed by atoms with Crippen LogP contribution >= 0.6 is 0 Å². The Hall–Kier alpha value is -1.59. The Morgan fingerprint density at radius 2 is 1.77 bits per heavy atom. The number of rotatable bonds is 3. The van der Waals surface area contributed by atoms with Gasteiger partial charge < -0.3 is 14.2 Å². The second-order valence-electron chi connectivity index (χ2n) is 6.74. The van der Waals surface area contributed by atoms with Crippen molar-refractivity contribution >= 4 is 24.2 Å². The smallest absolute Gasteiger partial charge is 0.399 e. The van der Waals surface area contributed by atoms with E-state index in [9.17, 15) is 4.79 Å². The minimum absolute atomic E-state index is 0.144. The van der Waals surface area contributed by atoms with Crippen LogP contribution in [0, 0.1) is 6.92 Å². The maximum absolute atomic E-state index is 11.8. The number of anilines is 1. The van der Waals surface area contributed by atoms with E-state index in [1.165, 1.54) is 6.08 Å². The van der Waals surface area contributed by atoms with Crippen molar-refractivity contribution in [2.45, 2.75) is 45.8 Å². The van der Waals surface area contributed by atoms with E-state index in [-0.39, 0.29) is 17.1 Å². The van der Waals surface area contributed by atoms with Crippen LogP contribution in [0.3, 0.4) is 0 Å². The molecule has 5 heteroatoms. The molecule has 0 radical (unpaired) electrons. The number of hydrogen-bond donors (Lipinski definition) is 0. The Balaban J connectivity index is 2.35. The van der Waals surface area contributed by atoms with E-state index in [1.807, 2.05) is 52.8 Å². The van der Waals surface area contributed by atoms with Gasteiger partial charge in [-0.2, -0.15) is 0 Å². The largest absolute Gasteiger partial charge is 0.494 e. The lowest BCUT2D eigenvalue weighted by molar-refractivity contribution is -0.113. The third kappa shape index (κ3) is 2.83. The van der Waals surface area contributed by atoms with Crippen molar-refractivity contribution in [1.29, 1.82) is 0 Å². The molecule has 1 saturated heterocycles. The zero-order valence-electron chi connectivity index (χ0n) is 14.3. The first-order chi connectivity index (χ1) is 10.1. The molecule has 0 aromatic heterocycles. The van der Waals surface area contributed by atoms with Crippen LogP contribution in [0.1, 0.15) is 33.3 Å². The van der Waals surface area contributed by atoms with Crippen molar-refractivity contribution in [3.63, 3.8) is 0 Å². The molecule has 1 fully saturated rings. The van der Waals surface area contributed by atoms with Crippen molar-refractivity contribution in [2.75, 3.05) is 11.9 Å². The minimum atomic E-state index is -0.434. The Labute approximate surface area is 133 Å². The quantitative estimate of drug-likeness (QED) is 0.636. The molecular formula is C17H24BNO3. The molecule has 0 aliphatic carbocycles. The van der Waals surface area contributed by atoms with E-state index in [1.54, 1.807) is 11.9 Å². The first-order valence-corrected chi connectivity index (χ1v) is 7.45. The van der Waals surface area contributed by atoms with Gasteiger partial charge in [-0.05, 0) is 57.8 Å². The first-order valence-electron chi connectivity index (χ1n) is 7.45. The highest BCUT2D eigenvalue weighted by Crippen LogP contribution is 2.36. The number of benzene rings is 1. The Morgan fingerprint density at radius 1 is 1.23 bits per heavy atom. The first kappa shape index (κ1) is 16.8. The van der Waals surface area contributed by atoms with Gasteiger partial charge in [-0.3, -0.25) is 4.79 Å². The Kier molecular flexibility index (Phi) is 4.24. The molecule has 22 heavy (non-hydrogen) atoms. The predicted octanol–water partition coefficient (Wildman–Crippen LogP) is 2.44. The molecular weight excluding hydrogens is 277 g/mol. The van der Waals surface area contributed by atoms with Crippen LogP contribution < -0.4 is 10.4 Å². The summed E-state index contributed by atoms with van der Waals surface area (Å²) < 4.78 is 12.1. The molecule has 1 aliphatic heterocycles. The van der Waals surface area contributed by atoms with Crippen LogP contribution in [-0.4, -0.2) is 31.3 Å². The van der Waals surface area contributed by atoms with Gasteiger partial charge in [-0.1, -0.05) is 18.7 Å². The van der Waals surface area contributed by atoms with Gasteiger partial charge in [0.05, 0.1) is 11.2 Å². The second kappa shape index (κ2) is 5.56. The zero-order valence-corrected chi connectivity index (χ0v) is 14.3. The number of amides is 1. The summed E-state index contributed by atoms with van der Waals surface area (Å²) in [6, 6.07) is 5.90. The molecule has 0 atom stereocenters. The van der Waals surface area contributed by atoms with Crippen LogP contribution in [0.4, 0.5) is 5.69 Å². The molecule has 0 spiro atoms. The van der Waals surface area contributed by atoms with Crippen molar-refractivity contribution in [2.24, 2.45) is 0 Å². The van der Waals surface area contributed by atoms with Gasteiger partial charge in [-0.15, -0.1) is 0 Å². The predicted molar refractivity (Wildman–Crippen MR) is 90.5 cm³/mol. The van der Waals surface area contributed by atoms with E-state index < -0.39 is 7.12 Å². The average molecular weight is 301 g/mol. The number of carbonyl (C=O) groups excluding carboxylic acids is 1. The lowest BCUT2D eigenvalue weighted by Gasteiger charge is -2.32. The van der Waals surface area contributed by atoms with Crippen LogP contribution in [-0.2, 0) is 14.1 Å². The molecule has 118 valence electrons. The molecule has 1 aromatic rings. The third-order valence-electron chi connectivity index (χ3n) is 4.63. The van der Waals surface area contributed by atoms with Crippen LogP contribution in [0.5, 0.6) is 0 Å². The fourth-order valence-corrected chi connectivity index (χ4v) is 2.37. The van der Waals surface area contributed by atoms with Crippen molar-refractivity contribution in [3.8, 4) is 0 Å². The second-order valence-corrected chi connectivity index (χ2v) is 6.74. The molecule has 0 saturated carbocycles. The van der Waals surface area contributed by atoms with Gasteiger partial charge >= 0.3 is 7.12 Å². The number of carbonyl (C=O) groups is 1. The summed E-state index contributed by atoms with van der Waals surface area (Å²) in [5.74, 6) is -0.144. The molecule has 1 amide bonds. The van der Waals surface area contributed by atoms with E-state index >= 15 is 0 Å². The average Bonchev–Trinajstić information content (AvgIpc) is 2.66. The molecule has 1 heterocycles. The molecule has 4 nitrogen and oxygen atoms in total. The third-order valence-corrected chi connectivity index (χ3v) is 4.63. The van der Waals surface area contributed by atoms with Crippen LogP contribution in [0.25, 0.3) is 0 Å². The summed E-state index contributed by atoms with van der Waals surface area (Å²) in [4.78, 5) is 13.4. The summed E-state index contributed by atoms with van der Waals surface area (Å²) >= 11 is 0. The summed E-state index contributed by atoms with van der Waals surface area (Å²) in [6.07, 6.45) is 1.31. The highest BCUT2D eigenvalue weighted by atomic mass is 16.7. The van der Waals surface area contributed by atoms with E-state index in [4.69, 9.17) is 9.31 Å². The minimum Gasteiger partial charge on any atom is -0.399 e. The summed E-state index contributed by atoms with van der Waals surface area (Å²) in [6.45, 7) is 13.6. The van der Waals surface area contributed by atoms with Crippen LogP contribution in [0.2, 0.25) is 0 Å². The lowest BCUT2D eigenvalue weighted by Crippen LogP contribution is -2.41.